The maximum atomic E-state index is 12.7. The number of benzene rings is 1. The lowest BCUT2D eigenvalue weighted by Crippen LogP contribution is -1.96. The number of rotatable bonds is 1. The molecule has 0 unspecified atom stereocenters. The summed E-state index contributed by atoms with van der Waals surface area (Å²) in [5.41, 5.74) is 0.315. The molecule has 1 aromatic heterocycles. The highest BCUT2D eigenvalue weighted by Gasteiger charge is 2.02. The molecule has 2 aromatic rings. The molecular formula is C8H5F2N3. The van der Waals surface area contributed by atoms with Gasteiger partial charge in [0.15, 0.2) is 0 Å². The minimum absolute atomic E-state index is 0.315. The molecule has 0 bridgehead atoms. The van der Waals surface area contributed by atoms with Gasteiger partial charge in [-0.1, -0.05) is 5.21 Å². The maximum absolute atomic E-state index is 12.7. The van der Waals surface area contributed by atoms with Crippen LogP contribution in [0.3, 0.4) is 0 Å². The summed E-state index contributed by atoms with van der Waals surface area (Å²) in [6.07, 6.45) is 2.94. The zero-order valence-electron chi connectivity index (χ0n) is 6.48. The average Bonchev–Trinajstić information content (AvgIpc) is 2.53. The third-order valence-electron chi connectivity index (χ3n) is 1.53. The summed E-state index contributed by atoms with van der Waals surface area (Å²) in [4.78, 5) is 0. The van der Waals surface area contributed by atoms with Gasteiger partial charge in [-0.3, -0.25) is 0 Å². The summed E-state index contributed by atoms with van der Waals surface area (Å²) < 4.78 is 26.7. The van der Waals surface area contributed by atoms with Gasteiger partial charge in [-0.25, -0.2) is 13.5 Å². The van der Waals surface area contributed by atoms with E-state index in [-0.39, 0.29) is 0 Å². The number of aromatic nitrogens is 3. The second-order valence-electron chi connectivity index (χ2n) is 2.48. The van der Waals surface area contributed by atoms with Gasteiger partial charge in [-0.05, 0) is 12.1 Å². The van der Waals surface area contributed by atoms with E-state index in [1.54, 1.807) is 0 Å². The zero-order valence-corrected chi connectivity index (χ0v) is 6.48. The second kappa shape index (κ2) is 2.93. The lowest BCUT2D eigenvalue weighted by molar-refractivity contribution is 0.579. The Morgan fingerprint density at radius 3 is 2.31 bits per heavy atom. The first-order valence-electron chi connectivity index (χ1n) is 3.58. The molecule has 0 aliphatic rings. The molecule has 0 saturated carbocycles. The van der Waals surface area contributed by atoms with Crippen molar-refractivity contribution in [3.8, 4) is 5.69 Å². The number of hydrogen-bond donors (Lipinski definition) is 0. The Hall–Kier alpha value is -1.78. The standard InChI is InChI=1S/C8H5F2N3/c9-6-3-7(10)5-8(4-6)13-2-1-11-12-13/h1-5H. The Bertz CT molecular complexity index is 391. The van der Waals surface area contributed by atoms with Crippen molar-refractivity contribution in [3.05, 3.63) is 42.2 Å². The van der Waals surface area contributed by atoms with E-state index in [0.717, 1.165) is 6.07 Å². The molecule has 0 saturated heterocycles. The molecule has 0 radical (unpaired) electrons. The van der Waals surface area contributed by atoms with Gasteiger partial charge in [0, 0.05) is 6.07 Å². The number of halogens is 2. The van der Waals surface area contributed by atoms with Crippen LogP contribution < -0.4 is 0 Å². The van der Waals surface area contributed by atoms with Crippen LogP contribution in [0.1, 0.15) is 0 Å². The van der Waals surface area contributed by atoms with Crippen molar-refractivity contribution < 1.29 is 8.78 Å². The molecule has 0 amide bonds. The molecule has 0 fully saturated rings. The second-order valence-corrected chi connectivity index (χ2v) is 2.48. The van der Waals surface area contributed by atoms with Crippen molar-refractivity contribution in [2.45, 2.75) is 0 Å². The molecule has 0 atom stereocenters. The molecule has 0 N–H and O–H groups in total. The fourth-order valence-corrected chi connectivity index (χ4v) is 1.02. The molecule has 0 aliphatic heterocycles. The van der Waals surface area contributed by atoms with E-state index in [4.69, 9.17) is 0 Å². The van der Waals surface area contributed by atoms with Gasteiger partial charge in [0.05, 0.1) is 18.1 Å². The molecule has 0 aliphatic carbocycles. The molecule has 1 aromatic carbocycles. The van der Waals surface area contributed by atoms with Crippen molar-refractivity contribution in [1.82, 2.24) is 15.0 Å². The Morgan fingerprint density at radius 2 is 1.77 bits per heavy atom. The topological polar surface area (TPSA) is 30.7 Å². The zero-order chi connectivity index (χ0) is 9.26. The first-order chi connectivity index (χ1) is 6.25. The van der Waals surface area contributed by atoms with E-state index < -0.39 is 11.6 Å². The van der Waals surface area contributed by atoms with Crippen LogP contribution in [0.25, 0.3) is 5.69 Å². The van der Waals surface area contributed by atoms with Crippen LogP contribution in [0.4, 0.5) is 8.78 Å². The summed E-state index contributed by atoms with van der Waals surface area (Å²) in [7, 11) is 0. The van der Waals surface area contributed by atoms with Crippen molar-refractivity contribution in [1.29, 1.82) is 0 Å². The van der Waals surface area contributed by atoms with Gasteiger partial charge in [-0.2, -0.15) is 0 Å². The summed E-state index contributed by atoms with van der Waals surface area (Å²) in [6, 6.07) is 3.16. The van der Waals surface area contributed by atoms with Crippen LogP contribution in [0.2, 0.25) is 0 Å². The highest BCUT2D eigenvalue weighted by molar-refractivity contribution is 5.31. The normalized spacial score (nSPS) is 10.3. The van der Waals surface area contributed by atoms with Gasteiger partial charge in [0.25, 0.3) is 0 Å². The fourth-order valence-electron chi connectivity index (χ4n) is 1.02. The van der Waals surface area contributed by atoms with Crippen molar-refractivity contribution in [3.63, 3.8) is 0 Å². The van der Waals surface area contributed by atoms with E-state index in [1.807, 2.05) is 0 Å². The van der Waals surface area contributed by atoms with Crippen LogP contribution in [0, 0.1) is 11.6 Å². The van der Waals surface area contributed by atoms with Gasteiger partial charge < -0.3 is 0 Å². The molecule has 2 rings (SSSR count). The number of hydrogen-bond acceptors (Lipinski definition) is 2. The summed E-state index contributed by atoms with van der Waals surface area (Å²) >= 11 is 0. The van der Waals surface area contributed by atoms with Crippen LogP contribution >= 0.6 is 0 Å². The largest absolute Gasteiger partial charge is 0.221 e. The first kappa shape index (κ1) is 7.85. The molecule has 5 heteroatoms. The van der Waals surface area contributed by atoms with Crippen LogP contribution in [-0.2, 0) is 0 Å². The van der Waals surface area contributed by atoms with Crippen molar-refractivity contribution >= 4 is 0 Å². The molecule has 13 heavy (non-hydrogen) atoms. The van der Waals surface area contributed by atoms with Gasteiger partial charge in [-0.15, -0.1) is 5.10 Å². The molecule has 66 valence electrons. The summed E-state index contributed by atoms with van der Waals surface area (Å²) in [6.45, 7) is 0. The molecular weight excluding hydrogens is 176 g/mol. The molecule has 3 nitrogen and oxygen atoms in total. The Morgan fingerprint density at radius 1 is 1.08 bits per heavy atom. The lowest BCUT2D eigenvalue weighted by Gasteiger charge is -1.99. The Labute approximate surface area is 72.6 Å². The third-order valence-corrected chi connectivity index (χ3v) is 1.53. The predicted octanol–water partition coefficient (Wildman–Crippen LogP) is 1.55. The van der Waals surface area contributed by atoms with Gasteiger partial charge in [0.1, 0.15) is 11.6 Å². The van der Waals surface area contributed by atoms with E-state index in [0.29, 0.717) is 5.69 Å². The monoisotopic (exact) mass is 181 g/mol. The van der Waals surface area contributed by atoms with Crippen molar-refractivity contribution in [2.75, 3.05) is 0 Å². The minimum atomic E-state index is -0.634. The highest BCUT2D eigenvalue weighted by Crippen LogP contribution is 2.10. The Kier molecular flexibility index (Phi) is 1.77. The predicted molar refractivity (Wildman–Crippen MR) is 41.3 cm³/mol. The minimum Gasteiger partial charge on any atom is -0.221 e. The first-order valence-corrected chi connectivity index (χ1v) is 3.58. The number of nitrogens with zero attached hydrogens (tertiary/aromatic N) is 3. The fraction of sp³-hybridized carbons (Fsp3) is 0. The average molecular weight is 181 g/mol. The molecule has 0 spiro atoms. The van der Waals surface area contributed by atoms with E-state index in [1.165, 1.54) is 29.2 Å². The van der Waals surface area contributed by atoms with Crippen molar-refractivity contribution in [2.24, 2.45) is 0 Å². The van der Waals surface area contributed by atoms with Gasteiger partial charge >= 0.3 is 0 Å². The third kappa shape index (κ3) is 1.53. The summed E-state index contributed by atoms with van der Waals surface area (Å²) in [5, 5.41) is 7.13. The van der Waals surface area contributed by atoms with Crippen LogP contribution in [0.5, 0.6) is 0 Å². The van der Waals surface area contributed by atoms with Crippen LogP contribution in [0.15, 0.2) is 30.6 Å². The maximum Gasteiger partial charge on any atom is 0.128 e. The molecule has 1 heterocycles. The quantitative estimate of drug-likeness (QED) is 0.668. The summed E-state index contributed by atoms with van der Waals surface area (Å²) in [5.74, 6) is -1.27. The van der Waals surface area contributed by atoms with Crippen LogP contribution in [-0.4, -0.2) is 15.0 Å². The lowest BCUT2D eigenvalue weighted by atomic mass is 10.3. The van der Waals surface area contributed by atoms with Gasteiger partial charge in [0.2, 0.25) is 0 Å². The van der Waals surface area contributed by atoms with E-state index in [9.17, 15) is 8.78 Å². The SMILES string of the molecule is Fc1cc(F)cc(-n2ccnn2)c1. The van der Waals surface area contributed by atoms with E-state index >= 15 is 0 Å². The smallest absolute Gasteiger partial charge is 0.128 e. The Balaban J connectivity index is 2.53. The highest BCUT2D eigenvalue weighted by atomic mass is 19.1. The van der Waals surface area contributed by atoms with E-state index in [2.05, 4.69) is 10.3 Å².